The number of benzene rings is 1. The van der Waals surface area contributed by atoms with Crippen molar-refractivity contribution < 1.29 is 9.53 Å². The lowest BCUT2D eigenvalue weighted by Crippen LogP contribution is -2.14. The molecule has 1 aromatic carbocycles. The van der Waals surface area contributed by atoms with Gasteiger partial charge in [-0.2, -0.15) is 0 Å². The standard InChI is InChI=1S/C17H16N4O2/c1-23-13-7-6-12(11-3-2-8-18-9-11)14-15(13)20-17(19-14)21-16(22)10-4-5-10/h2-3,6-10H,4-5H2,1H3,(H2,19,20,21,22). The van der Waals surface area contributed by atoms with Crippen molar-refractivity contribution in [3.8, 4) is 16.9 Å². The minimum absolute atomic E-state index is 0.0194. The summed E-state index contributed by atoms with van der Waals surface area (Å²) in [6, 6.07) is 7.69. The van der Waals surface area contributed by atoms with Gasteiger partial charge in [-0.3, -0.25) is 15.1 Å². The number of nitrogens with zero attached hydrogens (tertiary/aromatic N) is 2. The summed E-state index contributed by atoms with van der Waals surface area (Å²) in [6.45, 7) is 0. The second-order valence-electron chi connectivity index (χ2n) is 5.63. The molecule has 4 rings (SSSR count). The molecule has 2 aromatic heterocycles. The zero-order valence-electron chi connectivity index (χ0n) is 12.7. The molecule has 3 aromatic rings. The van der Waals surface area contributed by atoms with Gasteiger partial charge in [0.05, 0.1) is 7.11 Å². The van der Waals surface area contributed by atoms with Gasteiger partial charge in [0.1, 0.15) is 16.8 Å². The smallest absolute Gasteiger partial charge is 0.229 e. The Labute approximate surface area is 132 Å². The van der Waals surface area contributed by atoms with Crippen LogP contribution in [0.3, 0.4) is 0 Å². The Morgan fingerprint density at radius 1 is 1.35 bits per heavy atom. The van der Waals surface area contributed by atoms with Crippen molar-refractivity contribution in [1.29, 1.82) is 0 Å². The fourth-order valence-corrected chi connectivity index (χ4v) is 2.62. The fourth-order valence-electron chi connectivity index (χ4n) is 2.62. The molecule has 1 fully saturated rings. The van der Waals surface area contributed by atoms with Gasteiger partial charge in [0.15, 0.2) is 0 Å². The van der Waals surface area contributed by atoms with Crippen molar-refractivity contribution in [2.45, 2.75) is 12.8 Å². The van der Waals surface area contributed by atoms with E-state index in [2.05, 4.69) is 20.3 Å². The van der Waals surface area contributed by atoms with Gasteiger partial charge in [0.2, 0.25) is 11.9 Å². The Bertz CT molecular complexity index is 869. The number of aromatic amines is 1. The SMILES string of the molecule is COc1ccc(-c2cccnc2)c2nc(NC(=O)C3CC3)[nH]c12. The van der Waals surface area contributed by atoms with Crippen LogP contribution in [0.2, 0.25) is 0 Å². The number of imidazole rings is 1. The summed E-state index contributed by atoms with van der Waals surface area (Å²) in [6.07, 6.45) is 5.43. The summed E-state index contributed by atoms with van der Waals surface area (Å²) in [5, 5.41) is 2.85. The van der Waals surface area contributed by atoms with Crippen LogP contribution < -0.4 is 10.1 Å². The average Bonchev–Trinajstić information content (AvgIpc) is 3.35. The van der Waals surface area contributed by atoms with Crippen LogP contribution in [0.25, 0.3) is 22.2 Å². The van der Waals surface area contributed by atoms with Crippen molar-refractivity contribution in [3.63, 3.8) is 0 Å². The monoisotopic (exact) mass is 308 g/mol. The molecule has 1 saturated carbocycles. The second-order valence-corrected chi connectivity index (χ2v) is 5.63. The maximum Gasteiger partial charge on any atom is 0.229 e. The van der Waals surface area contributed by atoms with E-state index in [9.17, 15) is 4.79 Å². The molecule has 0 atom stereocenters. The predicted molar refractivity (Wildman–Crippen MR) is 87.2 cm³/mol. The van der Waals surface area contributed by atoms with E-state index >= 15 is 0 Å². The first-order valence-corrected chi connectivity index (χ1v) is 7.54. The van der Waals surface area contributed by atoms with Gasteiger partial charge in [0, 0.05) is 29.4 Å². The first kappa shape index (κ1) is 13.8. The third-order valence-electron chi connectivity index (χ3n) is 3.99. The van der Waals surface area contributed by atoms with Gasteiger partial charge in [-0.05, 0) is 31.0 Å². The molecule has 23 heavy (non-hydrogen) atoms. The summed E-state index contributed by atoms with van der Waals surface area (Å²) in [4.78, 5) is 23.8. The molecule has 1 aliphatic rings. The van der Waals surface area contributed by atoms with Crippen molar-refractivity contribution in [3.05, 3.63) is 36.7 Å². The van der Waals surface area contributed by atoms with Crippen molar-refractivity contribution in [1.82, 2.24) is 15.0 Å². The number of pyridine rings is 1. The van der Waals surface area contributed by atoms with Crippen LogP contribution >= 0.6 is 0 Å². The number of anilines is 1. The van der Waals surface area contributed by atoms with E-state index in [0.29, 0.717) is 11.7 Å². The maximum absolute atomic E-state index is 11.9. The maximum atomic E-state index is 11.9. The highest BCUT2D eigenvalue weighted by Gasteiger charge is 2.30. The first-order chi connectivity index (χ1) is 11.3. The number of aromatic nitrogens is 3. The van der Waals surface area contributed by atoms with Gasteiger partial charge in [0.25, 0.3) is 0 Å². The van der Waals surface area contributed by atoms with Crippen LogP contribution in [0.1, 0.15) is 12.8 Å². The van der Waals surface area contributed by atoms with Crippen LogP contribution in [0.5, 0.6) is 5.75 Å². The molecule has 0 aliphatic heterocycles. The Morgan fingerprint density at radius 2 is 2.22 bits per heavy atom. The second kappa shape index (κ2) is 5.39. The number of H-pyrrole nitrogens is 1. The molecule has 6 nitrogen and oxygen atoms in total. The third kappa shape index (κ3) is 2.52. The number of fused-ring (bicyclic) bond motifs is 1. The summed E-state index contributed by atoms with van der Waals surface area (Å²) in [5.41, 5.74) is 3.42. The minimum atomic E-state index is 0.0194. The normalized spacial score (nSPS) is 14.0. The number of carbonyl (C=O) groups excluding carboxylic acids is 1. The average molecular weight is 308 g/mol. The van der Waals surface area contributed by atoms with E-state index in [4.69, 9.17) is 4.74 Å². The van der Waals surface area contributed by atoms with E-state index in [-0.39, 0.29) is 11.8 Å². The summed E-state index contributed by atoms with van der Waals surface area (Å²) < 4.78 is 5.40. The van der Waals surface area contributed by atoms with Gasteiger partial charge >= 0.3 is 0 Å². The van der Waals surface area contributed by atoms with E-state index in [0.717, 1.165) is 35.0 Å². The molecule has 0 saturated heterocycles. The first-order valence-electron chi connectivity index (χ1n) is 7.54. The van der Waals surface area contributed by atoms with Crippen LogP contribution in [0, 0.1) is 5.92 Å². The lowest BCUT2D eigenvalue weighted by molar-refractivity contribution is -0.117. The fraction of sp³-hybridized carbons (Fsp3) is 0.235. The molecule has 2 heterocycles. The number of methoxy groups -OCH3 is 1. The zero-order valence-corrected chi connectivity index (χ0v) is 12.7. The van der Waals surface area contributed by atoms with Crippen LogP contribution in [-0.2, 0) is 4.79 Å². The molecular weight excluding hydrogens is 292 g/mol. The van der Waals surface area contributed by atoms with Crippen LogP contribution in [0.4, 0.5) is 5.95 Å². The summed E-state index contributed by atoms with van der Waals surface area (Å²) >= 11 is 0. The van der Waals surface area contributed by atoms with Gasteiger partial charge < -0.3 is 9.72 Å². The van der Waals surface area contributed by atoms with Crippen molar-refractivity contribution >= 4 is 22.9 Å². The number of nitrogens with one attached hydrogen (secondary N) is 2. The molecule has 0 unspecified atom stereocenters. The molecule has 2 N–H and O–H groups in total. The summed E-state index contributed by atoms with van der Waals surface area (Å²) in [7, 11) is 1.61. The van der Waals surface area contributed by atoms with Gasteiger partial charge in [-0.25, -0.2) is 4.98 Å². The van der Waals surface area contributed by atoms with Crippen molar-refractivity contribution in [2.24, 2.45) is 5.92 Å². The zero-order chi connectivity index (χ0) is 15.8. The Morgan fingerprint density at radius 3 is 2.91 bits per heavy atom. The lowest BCUT2D eigenvalue weighted by Gasteiger charge is -2.05. The number of rotatable bonds is 4. The number of carbonyl (C=O) groups is 1. The molecule has 1 amide bonds. The number of amides is 1. The van der Waals surface area contributed by atoms with E-state index < -0.39 is 0 Å². The molecule has 1 aliphatic carbocycles. The van der Waals surface area contributed by atoms with Gasteiger partial charge in [-0.15, -0.1) is 0 Å². The third-order valence-corrected chi connectivity index (χ3v) is 3.99. The molecule has 0 bridgehead atoms. The highest BCUT2D eigenvalue weighted by molar-refractivity contribution is 5.99. The molecule has 0 spiro atoms. The highest BCUT2D eigenvalue weighted by atomic mass is 16.5. The topological polar surface area (TPSA) is 79.9 Å². The van der Waals surface area contributed by atoms with Crippen LogP contribution in [0.15, 0.2) is 36.7 Å². The molecule has 116 valence electrons. The Balaban J connectivity index is 1.81. The lowest BCUT2D eigenvalue weighted by atomic mass is 10.1. The number of hydrogen-bond donors (Lipinski definition) is 2. The van der Waals surface area contributed by atoms with Crippen molar-refractivity contribution in [2.75, 3.05) is 12.4 Å². The number of ether oxygens (including phenoxy) is 1. The minimum Gasteiger partial charge on any atom is -0.494 e. The largest absolute Gasteiger partial charge is 0.494 e. The highest BCUT2D eigenvalue weighted by Crippen LogP contribution is 2.34. The quantitative estimate of drug-likeness (QED) is 0.776. The predicted octanol–water partition coefficient (Wildman–Crippen LogP) is 2.98. The molecule has 6 heteroatoms. The molecular formula is C17H16N4O2. The number of hydrogen-bond acceptors (Lipinski definition) is 4. The molecule has 0 radical (unpaired) electrons. The van der Waals surface area contributed by atoms with E-state index in [1.165, 1.54) is 0 Å². The summed E-state index contributed by atoms with van der Waals surface area (Å²) in [5.74, 6) is 1.28. The van der Waals surface area contributed by atoms with E-state index in [1.54, 1.807) is 19.5 Å². The Kier molecular flexibility index (Phi) is 3.22. The van der Waals surface area contributed by atoms with E-state index in [1.807, 2.05) is 24.3 Å². The van der Waals surface area contributed by atoms with Crippen LogP contribution in [-0.4, -0.2) is 28.0 Å². The Hall–Kier alpha value is -2.89. The van der Waals surface area contributed by atoms with Gasteiger partial charge in [-0.1, -0.05) is 6.07 Å².